The normalized spacial score (nSPS) is 12.6. The van der Waals surface area contributed by atoms with E-state index in [1.807, 2.05) is 6.08 Å². The molecule has 0 spiro atoms. The molecule has 0 saturated carbocycles. The molecular formula is C16H28. The van der Waals surface area contributed by atoms with Crippen LogP contribution in [0.15, 0.2) is 36.5 Å². The van der Waals surface area contributed by atoms with Crippen molar-refractivity contribution >= 4 is 0 Å². The number of unbranched alkanes of at least 4 members (excludes halogenated alkanes) is 2. The smallest absolute Gasteiger partial charge is 0.0282 e. The monoisotopic (exact) mass is 220 g/mol. The molecule has 0 aliphatic heterocycles. The van der Waals surface area contributed by atoms with Crippen molar-refractivity contribution in [2.75, 3.05) is 0 Å². The Kier molecular flexibility index (Phi) is 10.2. The molecule has 0 heteroatoms. The van der Waals surface area contributed by atoms with Crippen LogP contribution in [0.2, 0.25) is 0 Å². The summed E-state index contributed by atoms with van der Waals surface area (Å²) in [4.78, 5) is 0. The number of hydrogen-bond acceptors (Lipinski definition) is 0. The molecule has 0 N–H and O–H groups in total. The Bertz CT molecular complexity index is 218. The van der Waals surface area contributed by atoms with Gasteiger partial charge in [0, 0.05) is 0 Å². The van der Waals surface area contributed by atoms with Gasteiger partial charge in [0.15, 0.2) is 0 Å². The zero-order valence-electron chi connectivity index (χ0n) is 11.3. The molecule has 0 amide bonds. The van der Waals surface area contributed by atoms with Gasteiger partial charge in [-0.05, 0) is 44.4 Å². The van der Waals surface area contributed by atoms with Crippen LogP contribution < -0.4 is 0 Å². The number of rotatable bonds is 9. The maximum Gasteiger partial charge on any atom is -0.0282 e. The van der Waals surface area contributed by atoms with Crippen LogP contribution in [0.5, 0.6) is 0 Å². The van der Waals surface area contributed by atoms with E-state index >= 15 is 0 Å². The third-order valence-corrected chi connectivity index (χ3v) is 2.53. The van der Waals surface area contributed by atoms with Crippen molar-refractivity contribution in [3.63, 3.8) is 0 Å². The molecule has 0 radical (unpaired) electrons. The van der Waals surface area contributed by atoms with Crippen LogP contribution in [0.4, 0.5) is 0 Å². The fourth-order valence-electron chi connectivity index (χ4n) is 1.63. The molecule has 0 fully saturated rings. The van der Waals surface area contributed by atoms with Gasteiger partial charge in [-0.15, -0.1) is 6.58 Å². The topological polar surface area (TPSA) is 0 Å². The lowest BCUT2D eigenvalue weighted by Crippen LogP contribution is -1.84. The first-order chi connectivity index (χ1) is 7.70. The number of hydrogen-bond donors (Lipinski definition) is 0. The lowest BCUT2D eigenvalue weighted by Gasteiger charge is -2.02. The summed E-state index contributed by atoms with van der Waals surface area (Å²) in [6.07, 6.45) is 16.2. The average Bonchev–Trinajstić information content (AvgIpc) is 2.23. The van der Waals surface area contributed by atoms with E-state index in [1.165, 1.54) is 31.3 Å². The highest BCUT2D eigenvalue weighted by atomic mass is 14.0. The summed E-state index contributed by atoms with van der Waals surface area (Å²) in [7, 11) is 0. The van der Waals surface area contributed by atoms with E-state index < -0.39 is 0 Å². The summed E-state index contributed by atoms with van der Waals surface area (Å²) >= 11 is 0. The van der Waals surface area contributed by atoms with E-state index in [9.17, 15) is 0 Å². The van der Waals surface area contributed by atoms with E-state index in [-0.39, 0.29) is 0 Å². The van der Waals surface area contributed by atoms with Gasteiger partial charge in [0.1, 0.15) is 0 Å². The van der Waals surface area contributed by atoms with Crippen LogP contribution in [0, 0.1) is 5.92 Å². The molecule has 0 rings (SSSR count). The van der Waals surface area contributed by atoms with Crippen LogP contribution in [0.1, 0.15) is 59.3 Å². The van der Waals surface area contributed by atoms with E-state index in [0.717, 1.165) is 18.8 Å². The minimum Gasteiger partial charge on any atom is -0.103 e. The van der Waals surface area contributed by atoms with E-state index in [4.69, 9.17) is 0 Å². The lowest BCUT2D eigenvalue weighted by atomic mass is 10.0. The predicted octanol–water partition coefficient (Wildman–Crippen LogP) is 5.67. The van der Waals surface area contributed by atoms with E-state index in [0.29, 0.717) is 0 Å². The van der Waals surface area contributed by atoms with Crippen LogP contribution in [-0.4, -0.2) is 0 Å². The molecule has 0 aliphatic rings. The molecular weight excluding hydrogens is 192 g/mol. The number of allylic oxidation sites excluding steroid dienone is 5. The summed E-state index contributed by atoms with van der Waals surface area (Å²) in [6, 6.07) is 0. The van der Waals surface area contributed by atoms with Gasteiger partial charge in [0.25, 0.3) is 0 Å². The maximum atomic E-state index is 3.75. The average molecular weight is 220 g/mol. The van der Waals surface area contributed by atoms with Gasteiger partial charge in [0.2, 0.25) is 0 Å². The summed E-state index contributed by atoms with van der Waals surface area (Å²) in [5.41, 5.74) is 1.51. The minimum absolute atomic E-state index is 0.764. The first-order valence-corrected chi connectivity index (χ1v) is 6.67. The molecule has 0 bridgehead atoms. The summed E-state index contributed by atoms with van der Waals surface area (Å²) in [5, 5.41) is 0. The molecule has 0 aromatic rings. The predicted molar refractivity (Wildman–Crippen MR) is 75.6 cm³/mol. The van der Waals surface area contributed by atoms with E-state index in [2.05, 4.69) is 45.6 Å². The van der Waals surface area contributed by atoms with Crippen molar-refractivity contribution in [2.24, 2.45) is 5.92 Å². The van der Waals surface area contributed by atoms with Gasteiger partial charge in [0.05, 0.1) is 0 Å². The second-order valence-corrected chi connectivity index (χ2v) is 4.75. The molecule has 0 saturated heterocycles. The molecule has 92 valence electrons. The molecule has 0 unspecified atom stereocenters. The Labute approximate surface area is 102 Å². The fourth-order valence-corrected chi connectivity index (χ4v) is 1.63. The zero-order valence-corrected chi connectivity index (χ0v) is 11.3. The molecule has 0 heterocycles. The third-order valence-electron chi connectivity index (χ3n) is 2.53. The summed E-state index contributed by atoms with van der Waals surface area (Å²) in [6.45, 7) is 10.5. The summed E-state index contributed by atoms with van der Waals surface area (Å²) < 4.78 is 0. The van der Waals surface area contributed by atoms with Crippen LogP contribution in [-0.2, 0) is 0 Å². The van der Waals surface area contributed by atoms with Crippen molar-refractivity contribution < 1.29 is 0 Å². The highest BCUT2D eigenvalue weighted by Gasteiger charge is 1.93. The second-order valence-electron chi connectivity index (χ2n) is 4.75. The standard InChI is InChI=1S/C16H28/c1-5-7-8-9-13-16(11-6-2)14-10-12-15(3)4/h5,10-11,14-15H,1,6-9,12-13H2,2-4H3. The Morgan fingerprint density at radius 3 is 2.56 bits per heavy atom. The Morgan fingerprint density at radius 1 is 1.25 bits per heavy atom. The van der Waals surface area contributed by atoms with Gasteiger partial charge >= 0.3 is 0 Å². The van der Waals surface area contributed by atoms with Crippen molar-refractivity contribution in [3.05, 3.63) is 36.5 Å². The fraction of sp³-hybridized carbons (Fsp3) is 0.625. The van der Waals surface area contributed by atoms with Gasteiger partial charge in [-0.2, -0.15) is 0 Å². The van der Waals surface area contributed by atoms with Crippen LogP contribution in [0.3, 0.4) is 0 Å². The highest BCUT2D eigenvalue weighted by molar-refractivity contribution is 5.18. The van der Waals surface area contributed by atoms with Crippen molar-refractivity contribution in [3.8, 4) is 0 Å². The van der Waals surface area contributed by atoms with Crippen LogP contribution in [0.25, 0.3) is 0 Å². The van der Waals surface area contributed by atoms with E-state index in [1.54, 1.807) is 0 Å². The first kappa shape index (κ1) is 15.2. The molecule has 0 aromatic carbocycles. The molecule has 0 atom stereocenters. The van der Waals surface area contributed by atoms with Gasteiger partial charge in [-0.25, -0.2) is 0 Å². The molecule has 0 aromatic heterocycles. The zero-order chi connectivity index (χ0) is 12.2. The second kappa shape index (κ2) is 10.7. The lowest BCUT2D eigenvalue weighted by molar-refractivity contribution is 0.663. The largest absolute Gasteiger partial charge is 0.103 e. The third kappa shape index (κ3) is 9.76. The van der Waals surface area contributed by atoms with Crippen molar-refractivity contribution in [1.29, 1.82) is 0 Å². The van der Waals surface area contributed by atoms with Gasteiger partial charge < -0.3 is 0 Å². The Balaban J connectivity index is 3.93. The molecule has 0 aliphatic carbocycles. The minimum atomic E-state index is 0.764. The Morgan fingerprint density at radius 2 is 2.00 bits per heavy atom. The first-order valence-electron chi connectivity index (χ1n) is 6.67. The van der Waals surface area contributed by atoms with Crippen molar-refractivity contribution in [2.45, 2.75) is 59.3 Å². The summed E-state index contributed by atoms with van der Waals surface area (Å²) in [5.74, 6) is 0.764. The SMILES string of the molecule is C=CCCCCC(C=CCC(C)C)=CCC. The van der Waals surface area contributed by atoms with Crippen LogP contribution >= 0.6 is 0 Å². The Hall–Kier alpha value is -0.780. The quantitative estimate of drug-likeness (QED) is 0.267. The van der Waals surface area contributed by atoms with Gasteiger partial charge in [-0.3, -0.25) is 0 Å². The molecule has 0 nitrogen and oxygen atoms in total. The highest BCUT2D eigenvalue weighted by Crippen LogP contribution is 2.13. The van der Waals surface area contributed by atoms with Gasteiger partial charge in [-0.1, -0.05) is 50.6 Å². The maximum absolute atomic E-state index is 3.75. The van der Waals surface area contributed by atoms with Crippen molar-refractivity contribution in [1.82, 2.24) is 0 Å². The molecule has 16 heavy (non-hydrogen) atoms.